The molecule has 1 aromatic heterocycles. The summed E-state index contributed by atoms with van der Waals surface area (Å²) in [4.78, 5) is 23.7. The van der Waals surface area contributed by atoms with E-state index in [1.54, 1.807) is 24.3 Å². The Labute approximate surface area is 155 Å². The van der Waals surface area contributed by atoms with Crippen LogP contribution in [0.3, 0.4) is 0 Å². The monoisotopic (exact) mass is 356 g/mol. The Balaban J connectivity index is 1.57. The molecule has 3 aromatic rings. The maximum atomic E-state index is 11.9. The minimum atomic E-state index is -0.812. The molecule has 1 heterocycles. The van der Waals surface area contributed by atoms with E-state index in [0.29, 0.717) is 11.1 Å². The molecule has 0 N–H and O–H groups in total. The summed E-state index contributed by atoms with van der Waals surface area (Å²) in [5.74, 6) is 3.39. The lowest BCUT2D eigenvalue weighted by Crippen LogP contribution is -2.01. The topological polar surface area (TPSA) is 65.7 Å². The van der Waals surface area contributed by atoms with Crippen molar-refractivity contribution in [3.8, 4) is 24.1 Å². The quantitative estimate of drug-likeness (QED) is 0.518. The third-order valence-electron chi connectivity index (χ3n) is 3.23. The standard InChI is InChI=1S/C22H12O5/c23-21(25-15-13-17-7-3-1-4-8-17)19-11-12-20(27-19)22(24)26-16-14-18-9-5-2-6-10-18/h1-12H. The lowest BCUT2D eigenvalue weighted by Gasteiger charge is -1.93. The number of benzene rings is 2. The Bertz CT molecular complexity index is 972. The van der Waals surface area contributed by atoms with Crippen LogP contribution in [0.15, 0.2) is 77.2 Å². The smallest absolute Gasteiger partial charge is 0.388 e. The van der Waals surface area contributed by atoms with Gasteiger partial charge in [0, 0.05) is 11.1 Å². The second-order valence-electron chi connectivity index (χ2n) is 5.13. The molecule has 27 heavy (non-hydrogen) atoms. The number of carbonyl (C=O) groups is 2. The zero-order valence-electron chi connectivity index (χ0n) is 14.0. The summed E-state index contributed by atoms with van der Waals surface area (Å²) < 4.78 is 14.7. The second-order valence-corrected chi connectivity index (χ2v) is 5.13. The number of rotatable bonds is 2. The largest absolute Gasteiger partial charge is 0.442 e. The van der Waals surface area contributed by atoms with Gasteiger partial charge in [0.05, 0.1) is 0 Å². The van der Waals surface area contributed by atoms with Crippen molar-refractivity contribution >= 4 is 11.9 Å². The lowest BCUT2D eigenvalue weighted by molar-refractivity contribution is 0.0624. The molecule has 0 saturated heterocycles. The van der Waals surface area contributed by atoms with Gasteiger partial charge in [-0.2, -0.15) is 0 Å². The number of furan rings is 1. The first kappa shape index (κ1) is 17.6. The molecule has 0 aliphatic carbocycles. The van der Waals surface area contributed by atoms with Gasteiger partial charge in [-0.3, -0.25) is 0 Å². The zero-order chi connectivity index (χ0) is 18.9. The van der Waals surface area contributed by atoms with E-state index in [0.717, 1.165) is 0 Å². The predicted molar refractivity (Wildman–Crippen MR) is 96.2 cm³/mol. The van der Waals surface area contributed by atoms with E-state index in [4.69, 9.17) is 13.9 Å². The van der Waals surface area contributed by atoms with Crippen LogP contribution in [0.25, 0.3) is 0 Å². The van der Waals surface area contributed by atoms with Gasteiger partial charge in [0.15, 0.2) is 0 Å². The molecule has 0 saturated carbocycles. The third kappa shape index (κ3) is 5.12. The summed E-state index contributed by atoms with van der Waals surface area (Å²) in [5.41, 5.74) is 1.40. The molecule has 0 radical (unpaired) electrons. The van der Waals surface area contributed by atoms with E-state index in [2.05, 4.69) is 24.1 Å². The molecular formula is C22H12O5. The Kier molecular flexibility index (Phi) is 5.70. The molecule has 5 heteroatoms. The van der Waals surface area contributed by atoms with Crippen molar-refractivity contribution in [3.63, 3.8) is 0 Å². The summed E-state index contributed by atoms with van der Waals surface area (Å²) in [6.07, 6.45) is 4.59. The first-order chi connectivity index (χ1) is 13.2. The molecule has 0 unspecified atom stereocenters. The van der Waals surface area contributed by atoms with Gasteiger partial charge in [-0.1, -0.05) is 36.4 Å². The van der Waals surface area contributed by atoms with Crippen molar-refractivity contribution in [2.75, 3.05) is 0 Å². The lowest BCUT2D eigenvalue weighted by atomic mass is 10.2. The van der Waals surface area contributed by atoms with Crippen LogP contribution in [-0.4, -0.2) is 11.9 Å². The van der Waals surface area contributed by atoms with Crippen LogP contribution >= 0.6 is 0 Å². The van der Waals surface area contributed by atoms with Crippen LogP contribution in [0.2, 0.25) is 0 Å². The maximum Gasteiger partial charge on any atom is 0.388 e. The molecular weight excluding hydrogens is 344 g/mol. The summed E-state index contributed by atoms with van der Waals surface area (Å²) >= 11 is 0. The number of hydrogen-bond acceptors (Lipinski definition) is 5. The van der Waals surface area contributed by atoms with Crippen LogP contribution in [-0.2, 0) is 9.47 Å². The molecule has 0 bridgehead atoms. The number of hydrogen-bond donors (Lipinski definition) is 0. The van der Waals surface area contributed by atoms with Gasteiger partial charge in [0.25, 0.3) is 0 Å². The number of ether oxygens (including phenoxy) is 2. The van der Waals surface area contributed by atoms with Crippen LogP contribution in [0.4, 0.5) is 0 Å². The Morgan fingerprint density at radius 2 is 1.04 bits per heavy atom. The SMILES string of the molecule is O=C(OC#Cc1ccccc1)c1ccc(C(=O)OC#Cc2ccccc2)o1. The fraction of sp³-hybridized carbons (Fsp3) is 0. The van der Waals surface area contributed by atoms with E-state index in [9.17, 15) is 9.59 Å². The molecule has 0 aliphatic heterocycles. The van der Waals surface area contributed by atoms with Crippen LogP contribution in [0.1, 0.15) is 32.2 Å². The van der Waals surface area contributed by atoms with E-state index < -0.39 is 11.9 Å². The molecule has 3 rings (SSSR count). The average molecular weight is 356 g/mol. The highest BCUT2D eigenvalue weighted by Gasteiger charge is 2.17. The van der Waals surface area contributed by atoms with E-state index in [-0.39, 0.29) is 11.5 Å². The van der Waals surface area contributed by atoms with E-state index in [1.165, 1.54) is 12.1 Å². The highest BCUT2D eigenvalue weighted by molar-refractivity contribution is 5.91. The van der Waals surface area contributed by atoms with Gasteiger partial charge in [-0.15, -0.1) is 0 Å². The van der Waals surface area contributed by atoms with E-state index in [1.807, 2.05) is 36.4 Å². The summed E-state index contributed by atoms with van der Waals surface area (Å²) in [6.45, 7) is 0. The third-order valence-corrected chi connectivity index (χ3v) is 3.23. The minimum absolute atomic E-state index is 0.166. The Morgan fingerprint density at radius 3 is 1.44 bits per heavy atom. The fourth-order valence-electron chi connectivity index (χ4n) is 1.96. The normalized spacial score (nSPS) is 9.19. The van der Waals surface area contributed by atoms with Crippen molar-refractivity contribution in [3.05, 3.63) is 95.4 Å². The second kappa shape index (κ2) is 8.75. The van der Waals surface area contributed by atoms with Gasteiger partial charge >= 0.3 is 11.9 Å². The Morgan fingerprint density at radius 1 is 0.630 bits per heavy atom. The molecule has 0 fully saturated rings. The summed E-state index contributed by atoms with van der Waals surface area (Å²) in [7, 11) is 0. The summed E-state index contributed by atoms with van der Waals surface area (Å²) in [6, 6.07) is 20.7. The van der Waals surface area contributed by atoms with Crippen molar-refractivity contribution < 1.29 is 23.5 Å². The van der Waals surface area contributed by atoms with Gasteiger partial charge in [0.1, 0.15) is 12.2 Å². The van der Waals surface area contributed by atoms with Crippen molar-refractivity contribution in [1.82, 2.24) is 0 Å². The highest BCUT2D eigenvalue weighted by Crippen LogP contribution is 2.10. The zero-order valence-corrected chi connectivity index (χ0v) is 14.0. The Hall–Kier alpha value is -4.22. The van der Waals surface area contributed by atoms with Gasteiger partial charge in [-0.05, 0) is 48.2 Å². The maximum absolute atomic E-state index is 11.9. The first-order valence-electron chi connectivity index (χ1n) is 7.87. The highest BCUT2D eigenvalue weighted by atomic mass is 16.6. The molecule has 0 spiro atoms. The van der Waals surface area contributed by atoms with E-state index >= 15 is 0 Å². The van der Waals surface area contributed by atoms with Gasteiger partial charge in [-0.25, -0.2) is 9.59 Å². The van der Waals surface area contributed by atoms with Crippen LogP contribution < -0.4 is 0 Å². The minimum Gasteiger partial charge on any atom is -0.442 e. The van der Waals surface area contributed by atoms with Crippen molar-refractivity contribution in [1.29, 1.82) is 0 Å². The molecule has 0 aliphatic rings. The van der Waals surface area contributed by atoms with Gasteiger partial charge < -0.3 is 13.9 Å². The van der Waals surface area contributed by atoms with Crippen molar-refractivity contribution in [2.24, 2.45) is 0 Å². The first-order valence-corrected chi connectivity index (χ1v) is 7.87. The van der Waals surface area contributed by atoms with Gasteiger partial charge in [0.2, 0.25) is 11.5 Å². The number of esters is 2. The molecule has 2 aromatic carbocycles. The predicted octanol–water partition coefficient (Wildman–Crippen LogP) is 3.61. The molecule has 5 nitrogen and oxygen atoms in total. The molecule has 0 amide bonds. The van der Waals surface area contributed by atoms with Crippen LogP contribution in [0, 0.1) is 24.1 Å². The number of carbonyl (C=O) groups excluding carboxylic acids is 2. The average Bonchev–Trinajstić information content (AvgIpc) is 3.20. The fourth-order valence-corrected chi connectivity index (χ4v) is 1.96. The molecule has 0 atom stereocenters. The summed E-state index contributed by atoms with van der Waals surface area (Å²) in [5, 5.41) is 0. The molecule has 130 valence electrons. The van der Waals surface area contributed by atoms with Crippen molar-refractivity contribution in [2.45, 2.75) is 0 Å². The van der Waals surface area contributed by atoms with Crippen LogP contribution in [0.5, 0.6) is 0 Å².